The minimum Gasteiger partial charge on any atom is -0.436 e. The summed E-state index contributed by atoms with van der Waals surface area (Å²) < 4.78 is 5.92. The van der Waals surface area contributed by atoms with Gasteiger partial charge >= 0.3 is 0 Å². The fourth-order valence-corrected chi connectivity index (χ4v) is 3.86. The van der Waals surface area contributed by atoms with E-state index in [9.17, 15) is 14.9 Å². The van der Waals surface area contributed by atoms with Crippen LogP contribution in [-0.4, -0.2) is 20.9 Å². The Morgan fingerprint density at radius 2 is 1.89 bits per heavy atom. The van der Waals surface area contributed by atoms with Crippen LogP contribution < -0.4 is 10.6 Å². The molecule has 0 aliphatic rings. The highest BCUT2D eigenvalue weighted by atomic mass is 32.1. The van der Waals surface area contributed by atoms with Crippen LogP contribution in [0.4, 0.5) is 11.4 Å². The molecule has 0 bridgehead atoms. The number of aromatic nitrogens is 1. The van der Waals surface area contributed by atoms with Gasteiger partial charge in [0.15, 0.2) is 10.7 Å². The van der Waals surface area contributed by atoms with E-state index in [0.29, 0.717) is 23.1 Å². The van der Waals surface area contributed by atoms with Gasteiger partial charge < -0.3 is 9.73 Å². The number of oxazole rings is 1. The SMILES string of the molecule is CC[C@@H](C)c1ccc2oc(-c3ccc(NC(=S)NC(=O)c4ccc([N+](=O)[O-])c(C)c4)cc3)nc2c1. The summed E-state index contributed by atoms with van der Waals surface area (Å²) in [5.74, 6) is 0.524. The number of rotatable bonds is 6. The Hall–Kier alpha value is -4.11. The van der Waals surface area contributed by atoms with Crippen LogP contribution in [0.5, 0.6) is 0 Å². The van der Waals surface area contributed by atoms with E-state index in [0.717, 1.165) is 23.1 Å². The molecule has 0 aliphatic carbocycles. The number of nitrogens with zero attached hydrogens (tertiary/aromatic N) is 2. The van der Waals surface area contributed by atoms with Crippen molar-refractivity contribution in [1.82, 2.24) is 10.3 Å². The second kappa shape index (κ2) is 10.0. The minimum absolute atomic E-state index is 0.0442. The van der Waals surface area contributed by atoms with Gasteiger partial charge in [0.25, 0.3) is 11.6 Å². The number of anilines is 1. The largest absolute Gasteiger partial charge is 0.436 e. The molecule has 4 aromatic rings. The number of carbonyl (C=O) groups excluding carboxylic acids is 1. The van der Waals surface area contributed by atoms with Crippen LogP contribution >= 0.6 is 12.2 Å². The molecule has 4 rings (SSSR count). The molecule has 0 saturated carbocycles. The van der Waals surface area contributed by atoms with Crippen LogP contribution in [0.25, 0.3) is 22.6 Å². The predicted octanol–water partition coefficient (Wildman–Crippen LogP) is 6.35. The molecule has 0 spiro atoms. The number of thiocarbonyl (C=S) groups is 1. The number of nitro benzene ring substituents is 1. The first kappa shape index (κ1) is 24.0. The molecule has 1 atom stereocenters. The number of fused-ring (bicyclic) bond motifs is 1. The van der Waals surface area contributed by atoms with Crippen LogP contribution in [0.15, 0.2) is 65.1 Å². The van der Waals surface area contributed by atoms with Crippen molar-refractivity contribution in [2.75, 3.05) is 5.32 Å². The molecular weight excluding hydrogens is 464 g/mol. The molecule has 35 heavy (non-hydrogen) atoms. The topological polar surface area (TPSA) is 110 Å². The van der Waals surface area contributed by atoms with Crippen LogP contribution in [0.2, 0.25) is 0 Å². The van der Waals surface area contributed by atoms with Gasteiger partial charge in [-0.2, -0.15) is 0 Å². The molecule has 0 radical (unpaired) electrons. The molecule has 1 amide bonds. The van der Waals surface area contributed by atoms with Crippen molar-refractivity contribution >= 4 is 45.7 Å². The Kier molecular flexibility index (Phi) is 6.88. The van der Waals surface area contributed by atoms with Gasteiger partial charge in [0.05, 0.1) is 4.92 Å². The van der Waals surface area contributed by atoms with Gasteiger partial charge in [0, 0.05) is 28.4 Å². The highest BCUT2D eigenvalue weighted by molar-refractivity contribution is 7.80. The first-order chi connectivity index (χ1) is 16.7. The maximum absolute atomic E-state index is 12.5. The van der Waals surface area contributed by atoms with Gasteiger partial charge in [-0.25, -0.2) is 4.98 Å². The third-order valence-corrected chi connectivity index (χ3v) is 6.07. The summed E-state index contributed by atoms with van der Waals surface area (Å²) in [6, 6.07) is 17.6. The highest BCUT2D eigenvalue weighted by Gasteiger charge is 2.15. The molecule has 178 valence electrons. The van der Waals surface area contributed by atoms with Crippen molar-refractivity contribution in [3.05, 3.63) is 87.5 Å². The molecule has 3 aromatic carbocycles. The number of benzene rings is 3. The van der Waals surface area contributed by atoms with E-state index in [1.54, 1.807) is 6.92 Å². The van der Waals surface area contributed by atoms with Gasteiger partial charge in [-0.05, 0) is 85.6 Å². The van der Waals surface area contributed by atoms with Gasteiger partial charge in [-0.1, -0.05) is 19.9 Å². The number of nitrogens with one attached hydrogen (secondary N) is 2. The maximum Gasteiger partial charge on any atom is 0.272 e. The Morgan fingerprint density at radius 3 is 2.54 bits per heavy atom. The predicted molar refractivity (Wildman–Crippen MR) is 140 cm³/mol. The molecule has 0 unspecified atom stereocenters. The highest BCUT2D eigenvalue weighted by Crippen LogP contribution is 2.28. The molecule has 8 nitrogen and oxygen atoms in total. The Morgan fingerprint density at radius 1 is 1.14 bits per heavy atom. The Labute approximate surface area is 207 Å². The normalized spacial score (nSPS) is 11.7. The quantitative estimate of drug-likeness (QED) is 0.185. The number of hydrogen-bond donors (Lipinski definition) is 2. The molecule has 0 fully saturated rings. The van der Waals surface area contributed by atoms with Gasteiger partial charge in [-0.3, -0.25) is 20.2 Å². The first-order valence-electron chi connectivity index (χ1n) is 11.1. The lowest BCUT2D eigenvalue weighted by Gasteiger charge is -2.10. The van der Waals surface area contributed by atoms with Gasteiger partial charge in [0.2, 0.25) is 5.89 Å². The third kappa shape index (κ3) is 5.36. The zero-order chi connectivity index (χ0) is 25.1. The van der Waals surface area contributed by atoms with Crippen LogP contribution in [-0.2, 0) is 0 Å². The summed E-state index contributed by atoms with van der Waals surface area (Å²) >= 11 is 5.24. The van der Waals surface area contributed by atoms with Crippen LogP contribution in [0.1, 0.15) is 47.7 Å². The average Bonchev–Trinajstić information content (AvgIpc) is 3.27. The standard InChI is InChI=1S/C26H24N4O4S/c1-4-15(2)18-8-12-23-21(14-18)28-25(34-23)17-5-9-20(10-6-17)27-26(35)29-24(31)19-7-11-22(30(32)33)16(3)13-19/h5-15H,4H2,1-3H3,(H2,27,29,31,35)/t15-/m1/s1. The molecule has 0 aliphatic heterocycles. The monoisotopic (exact) mass is 488 g/mol. The Balaban J connectivity index is 1.42. The van der Waals surface area contributed by atoms with Crippen molar-refractivity contribution < 1.29 is 14.1 Å². The lowest BCUT2D eigenvalue weighted by atomic mass is 9.98. The van der Waals surface area contributed by atoms with Gasteiger partial charge in [-0.15, -0.1) is 0 Å². The molecule has 0 saturated heterocycles. The maximum atomic E-state index is 12.5. The van der Waals surface area contributed by atoms with Gasteiger partial charge in [0.1, 0.15) is 5.52 Å². The van der Waals surface area contributed by atoms with E-state index in [2.05, 4.69) is 41.6 Å². The summed E-state index contributed by atoms with van der Waals surface area (Å²) in [5, 5.41) is 16.6. The lowest BCUT2D eigenvalue weighted by molar-refractivity contribution is -0.385. The zero-order valence-electron chi connectivity index (χ0n) is 19.5. The van der Waals surface area contributed by atoms with E-state index >= 15 is 0 Å². The summed E-state index contributed by atoms with van der Waals surface area (Å²) in [4.78, 5) is 27.6. The van der Waals surface area contributed by atoms with E-state index < -0.39 is 10.8 Å². The molecule has 2 N–H and O–H groups in total. The second-order valence-electron chi connectivity index (χ2n) is 8.30. The number of amides is 1. The van der Waals surface area contributed by atoms with E-state index in [4.69, 9.17) is 16.6 Å². The minimum atomic E-state index is -0.488. The van der Waals surface area contributed by atoms with Crippen molar-refractivity contribution in [2.45, 2.75) is 33.1 Å². The van der Waals surface area contributed by atoms with E-state index in [1.165, 1.54) is 23.8 Å². The third-order valence-electron chi connectivity index (χ3n) is 5.87. The first-order valence-corrected chi connectivity index (χ1v) is 11.5. The Bertz CT molecular complexity index is 1430. The number of hydrogen-bond acceptors (Lipinski definition) is 6. The molecule has 1 aromatic heterocycles. The lowest BCUT2D eigenvalue weighted by Crippen LogP contribution is -2.34. The fraction of sp³-hybridized carbons (Fsp3) is 0.192. The zero-order valence-corrected chi connectivity index (χ0v) is 20.3. The summed E-state index contributed by atoms with van der Waals surface area (Å²) in [7, 11) is 0. The summed E-state index contributed by atoms with van der Waals surface area (Å²) in [6.45, 7) is 5.93. The van der Waals surface area contributed by atoms with Crippen LogP contribution in [0, 0.1) is 17.0 Å². The molecule has 1 heterocycles. The fourth-order valence-electron chi connectivity index (χ4n) is 3.65. The van der Waals surface area contributed by atoms with Crippen LogP contribution in [0.3, 0.4) is 0 Å². The number of aryl methyl sites for hydroxylation is 1. The van der Waals surface area contributed by atoms with E-state index in [1.807, 2.05) is 30.3 Å². The average molecular weight is 489 g/mol. The molecular formula is C26H24N4O4S. The van der Waals surface area contributed by atoms with E-state index in [-0.39, 0.29) is 16.4 Å². The number of nitro groups is 1. The summed E-state index contributed by atoms with van der Waals surface area (Å²) in [6.07, 6.45) is 1.06. The van der Waals surface area contributed by atoms with Crippen molar-refractivity contribution in [3.63, 3.8) is 0 Å². The van der Waals surface area contributed by atoms with Crippen molar-refractivity contribution in [3.8, 4) is 11.5 Å². The summed E-state index contributed by atoms with van der Waals surface area (Å²) in [5.41, 5.74) is 4.91. The van der Waals surface area contributed by atoms with Crippen molar-refractivity contribution in [1.29, 1.82) is 0 Å². The second-order valence-corrected chi connectivity index (χ2v) is 8.71. The van der Waals surface area contributed by atoms with Crippen molar-refractivity contribution in [2.24, 2.45) is 0 Å². The number of carbonyl (C=O) groups is 1. The molecule has 9 heteroatoms. The smallest absolute Gasteiger partial charge is 0.272 e.